The lowest BCUT2D eigenvalue weighted by atomic mass is 9.82. The third kappa shape index (κ3) is 5.27. The number of rotatable bonds is 5. The summed E-state index contributed by atoms with van der Waals surface area (Å²) < 4.78 is 0. The summed E-state index contributed by atoms with van der Waals surface area (Å²) in [4.78, 5) is 2.67. The minimum Gasteiger partial charge on any atom is -0.312 e. The van der Waals surface area contributed by atoms with Crippen molar-refractivity contribution in [2.75, 3.05) is 26.2 Å². The van der Waals surface area contributed by atoms with E-state index < -0.39 is 0 Å². The minimum atomic E-state index is 0.344. The van der Waals surface area contributed by atoms with E-state index >= 15 is 0 Å². The van der Waals surface area contributed by atoms with Crippen molar-refractivity contribution in [1.82, 2.24) is 10.2 Å². The van der Waals surface area contributed by atoms with Crippen LogP contribution in [0, 0.1) is 10.8 Å². The highest BCUT2D eigenvalue weighted by atomic mass is 15.2. The maximum atomic E-state index is 3.74. The molecule has 0 amide bonds. The van der Waals surface area contributed by atoms with Gasteiger partial charge >= 0.3 is 0 Å². The Bertz CT molecular complexity index is 240. The number of nitrogens with zero attached hydrogens (tertiary/aromatic N) is 1. The van der Waals surface area contributed by atoms with Crippen LogP contribution in [0.3, 0.4) is 0 Å². The summed E-state index contributed by atoms with van der Waals surface area (Å²) in [5.41, 5.74) is 0.849. The molecule has 1 aliphatic heterocycles. The summed E-state index contributed by atoms with van der Waals surface area (Å²) in [7, 11) is 0. The van der Waals surface area contributed by atoms with Crippen LogP contribution in [-0.4, -0.2) is 37.1 Å². The average molecular weight is 254 g/mol. The molecular formula is C16H34N2. The van der Waals surface area contributed by atoms with Gasteiger partial charge in [-0.05, 0) is 43.2 Å². The number of piperidine rings is 1. The number of hydrogen-bond donors (Lipinski definition) is 1. The molecule has 2 heteroatoms. The van der Waals surface area contributed by atoms with E-state index in [0.717, 1.165) is 6.54 Å². The summed E-state index contributed by atoms with van der Waals surface area (Å²) in [5.74, 6) is 0. The van der Waals surface area contributed by atoms with Crippen LogP contribution in [0.5, 0.6) is 0 Å². The lowest BCUT2D eigenvalue weighted by molar-refractivity contribution is 0.0876. The first kappa shape index (κ1) is 16.0. The van der Waals surface area contributed by atoms with Gasteiger partial charge < -0.3 is 10.2 Å². The Morgan fingerprint density at radius 3 is 2.44 bits per heavy atom. The third-order valence-electron chi connectivity index (χ3n) is 4.11. The average Bonchev–Trinajstić information content (AvgIpc) is 2.21. The van der Waals surface area contributed by atoms with E-state index in [1.165, 1.54) is 38.9 Å². The molecule has 0 aromatic carbocycles. The minimum absolute atomic E-state index is 0.344. The summed E-state index contributed by atoms with van der Waals surface area (Å²) in [6, 6.07) is 0.603. The van der Waals surface area contributed by atoms with Crippen molar-refractivity contribution in [2.24, 2.45) is 10.8 Å². The summed E-state index contributed by atoms with van der Waals surface area (Å²) in [6.07, 6.45) is 3.96. The SMILES string of the molecule is CCCNC(CN1CCCC(C)(C)C1)C(C)(C)C. The van der Waals surface area contributed by atoms with Crippen LogP contribution in [0.25, 0.3) is 0 Å². The Labute approximate surface area is 115 Å². The molecule has 0 spiro atoms. The van der Waals surface area contributed by atoms with E-state index in [9.17, 15) is 0 Å². The maximum Gasteiger partial charge on any atom is 0.0243 e. The van der Waals surface area contributed by atoms with E-state index in [1.807, 2.05) is 0 Å². The van der Waals surface area contributed by atoms with Gasteiger partial charge in [0.15, 0.2) is 0 Å². The molecule has 18 heavy (non-hydrogen) atoms. The zero-order valence-electron chi connectivity index (χ0n) is 13.5. The smallest absolute Gasteiger partial charge is 0.0243 e. The van der Waals surface area contributed by atoms with Gasteiger partial charge in [0, 0.05) is 19.1 Å². The van der Waals surface area contributed by atoms with Crippen molar-refractivity contribution in [3.63, 3.8) is 0 Å². The molecule has 1 atom stereocenters. The van der Waals surface area contributed by atoms with Crippen LogP contribution < -0.4 is 5.32 Å². The molecule has 1 heterocycles. The first-order valence-corrected chi connectivity index (χ1v) is 7.70. The first-order valence-electron chi connectivity index (χ1n) is 7.70. The van der Waals surface area contributed by atoms with Crippen molar-refractivity contribution < 1.29 is 0 Å². The van der Waals surface area contributed by atoms with Gasteiger partial charge in [0.05, 0.1) is 0 Å². The molecule has 108 valence electrons. The molecule has 0 saturated carbocycles. The third-order valence-corrected chi connectivity index (χ3v) is 4.11. The quantitative estimate of drug-likeness (QED) is 0.807. The lowest BCUT2D eigenvalue weighted by Gasteiger charge is -2.42. The van der Waals surface area contributed by atoms with Gasteiger partial charge in [-0.15, -0.1) is 0 Å². The normalized spacial score (nSPS) is 23.0. The highest BCUT2D eigenvalue weighted by Crippen LogP contribution is 2.29. The Kier molecular flexibility index (Phi) is 5.67. The van der Waals surface area contributed by atoms with Crippen molar-refractivity contribution in [3.05, 3.63) is 0 Å². The van der Waals surface area contributed by atoms with Crippen molar-refractivity contribution in [3.8, 4) is 0 Å². The second kappa shape index (κ2) is 6.38. The van der Waals surface area contributed by atoms with Crippen LogP contribution in [0.1, 0.15) is 60.8 Å². The fourth-order valence-corrected chi connectivity index (χ4v) is 2.92. The standard InChI is InChI=1S/C16H34N2/c1-7-10-17-14(15(2,3)4)12-18-11-8-9-16(5,6)13-18/h14,17H,7-13H2,1-6H3. The Morgan fingerprint density at radius 1 is 1.28 bits per heavy atom. The van der Waals surface area contributed by atoms with Crippen molar-refractivity contribution in [1.29, 1.82) is 0 Å². The van der Waals surface area contributed by atoms with Gasteiger partial charge in [0.1, 0.15) is 0 Å². The topological polar surface area (TPSA) is 15.3 Å². The molecular weight excluding hydrogens is 220 g/mol. The first-order chi connectivity index (χ1) is 8.24. The van der Waals surface area contributed by atoms with Crippen molar-refractivity contribution >= 4 is 0 Å². The van der Waals surface area contributed by atoms with E-state index in [1.54, 1.807) is 0 Å². The molecule has 1 N–H and O–H groups in total. The van der Waals surface area contributed by atoms with Gasteiger partial charge in [0.2, 0.25) is 0 Å². The van der Waals surface area contributed by atoms with Gasteiger partial charge in [-0.3, -0.25) is 0 Å². The number of nitrogens with one attached hydrogen (secondary N) is 1. The van der Waals surface area contributed by atoms with Gasteiger partial charge in [-0.25, -0.2) is 0 Å². The molecule has 0 radical (unpaired) electrons. The molecule has 1 rings (SSSR count). The largest absolute Gasteiger partial charge is 0.312 e. The van der Waals surface area contributed by atoms with Crippen LogP contribution >= 0.6 is 0 Å². The molecule has 1 fully saturated rings. The molecule has 0 bridgehead atoms. The van der Waals surface area contributed by atoms with E-state index in [-0.39, 0.29) is 0 Å². The molecule has 0 aromatic heterocycles. The van der Waals surface area contributed by atoms with E-state index in [4.69, 9.17) is 0 Å². The molecule has 0 aliphatic carbocycles. The van der Waals surface area contributed by atoms with Crippen LogP contribution in [0.2, 0.25) is 0 Å². The molecule has 0 aromatic rings. The zero-order chi connectivity index (χ0) is 13.8. The van der Waals surface area contributed by atoms with E-state index in [0.29, 0.717) is 16.9 Å². The fourth-order valence-electron chi connectivity index (χ4n) is 2.92. The number of likely N-dealkylation sites (tertiary alicyclic amines) is 1. The predicted molar refractivity (Wildman–Crippen MR) is 81.0 cm³/mol. The van der Waals surface area contributed by atoms with Crippen LogP contribution in [0.15, 0.2) is 0 Å². The molecule has 1 saturated heterocycles. The van der Waals surface area contributed by atoms with Crippen LogP contribution in [-0.2, 0) is 0 Å². The monoisotopic (exact) mass is 254 g/mol. The second-order valence-electron chi connectivity index (χ2n) is 7.88. The highest BCUT2D eigenvalue weighted by Gasteiger charge is 2.31. The second-order valence-corrected chi connectivity index (χ2v) is 7.88. The van der Waals surface area contributed by atoms with Gasteiger partial charge in [-0.2, -0.15) is 0 Å². The maximum absolute atomic E-state index is 3.74. The summed E-state index contributed by atoms with van der Waals surface area (Å²) in [6.45, 7) is 19.0. The molecule has 2 nitrogen and oxygen atoms in total. The summed E-state index contributed by atoms with van der Waals surface area (Å²) >= 11 is 0. The zero-order valence-corrected chi connectivity index (χ0v) is 13.5. The predicted octanol–water partition coefficient (Wildman–Crippen LogP) is 3.52. The Balaban J connectivity index is 2.54. The van der Waals surface area contributed by atoms with E-state index in [2.05, 4.69) is 51.8 Å². The molecule has 1 aliphatic rings. The Morgan fingerprint density at radius 2 is 1.94 bits per heavy atom. The lowest BCUT2D eigenvalue weighted by Crippen LogP contribution is -2.52. The Hall–Kier alpha value is -0.0800. The van der Waals surface area contributed by atoms with Crippen LogP contribution in [0.4, 0.5) is 0 Å². The molecule has 1 unspecified atom stereocenters. The fraction of sp³-hybridized carbons (Fsp3) is 1.00. The van der Waals surface area contributed by atoms with Gasteiger partial charge in [-0.1, -0.05) is 41.5 Å². The van der Waals surface area contributed by atoms with Gasteiger partial charge in [0.25, 0.3) is 0 Å². The van der Waals surface area contributed by atoms with Crippen molar-refractivity contribution in [2.45, 2.75) is 66.8 Å². The highest BCUT2D eigenvalue weighted by molar-refractivity contribution is 4.87. The number of hydrogen-bond acceptors (Lipinski definition) is 2. The summed E-state index contributed by atoms with van der Waals surface area (Å²) in [5, 5.41) is 3.74.